The van der Waals surface area contributed by atoms with Crippen LogP contribution in [0, 0.1) is 18.8 Å². The van der Waals surface area contributed by atoms with Gasteiger partial charge in [-0.05, 0) is 70.3 Å². The summed E-state index contributed by atoms with van der Waals surface area (Å²) >= 11 is 0. The highest BCUT2D eigenvalue weighted by atomic mass is 16.4. The fourth-order valence-electron chi connectivity index (χ4n) is 3.34. The van der Waals surface area contributed by atoms with E-state index in [4.69, 9.17) is 5.11 Å². The smallest absolute Gasteiger partial charge is 0.303 e. The topological polar surface area (TPSA) is 66.4 Å². The van der Waals surface area contributed by atoms with E-state index in [1.54, 1.807) is 6.92 Å². The number of aryl methyl sites for hydroxylation is 1. The van der Waals surface area contributed by atoms with E-state index in [-0.39, 0.29) is 12.3 Å². The van der Waals surface area contributed by atoms with E-state index in [2.05, 4.69) is 66.7 Å². The second-order valence-electron chi connectivity index (χ2n) is 8.01. The molecule has 190 valence electrons. The van der Waals surface area contributed by atoms with Crippen LogP contribution in [0.2, 0.25) is 0 Å². The highest BCUT2D eigenvalue weighted by Gasteiger charge is 2.10. The van der Waals surface area contributed by atoms with Crippen LogP contribution >= 0.6 is 0 Å². The molecule has 4 nitrogen and oxygen atoms in total. The van der Waals surface area contributed by atoms with Crippen LogP contribution in [0.4, 0.5) is 0 Å². The van der Waals surface area contributed by atoms with E-state index in [0.29, 0.717) is 6.42 Å². The van der Waals surface area contributed by atoms with Gasteiger partial charge in [0.1, 0.15) is 0 Å². The third-order valence-corrected chi connectivity index (χ3v) is 5.17. The number of carbonyl (C=O) groups is 2. The third kappa shape index (κ3) is 23.9. The van der Waals surface area contributed by atoms with Gasteiger partial charge in [-0.25, -0.2) is 0 Å². The number of nitrogens with one attached hydrogen (secondary N) is 1. The zero-order valence-electron chi connectivity index (χ0n) is 21.7. The van der Waals surface area contributed by atoms with Crippen molar-refractivity contribution < 1.29 is 14.7 Å². The number of amides is 1. The zero-order chi connectivity index (χ0) is 25.9. The molecule has 1 aromatic rings. The molecule has 34 heavy (non-hydrogen) atoms. The Balaban J connectivity index is 0. The summed E-state index contributed by atoms with van der Waals surface area (Å²) in [5.74, 6) is 0.318. The molecule has 0 aliphatic heterocycles. The average molecular weight is 470 g/mol. The number of aliphatic carboxylic acids is 1. The zero-order valence-corrected chi connectivity index (χ0v) is 21.7. The molecular weight excluding hydrogens is 422 g/mol. The Morgan fingerprint density at radius 1 is 1.03 bits per heavy atom. The molecule has 1 saturated carbocycles. The van der Waals surface area contributed by atoms with Gasteiger partial charge in [0, 0.05) is 19.4 Å². The second-order valence-corrected chi connectivity index (χ2v) is 8.01. The number of terminal acetylenes is 1. The predicted octanol–water partition coefficient (Wildman–Crippen LogP) is 7.36. The Morgan fingerprint density at radius 2 is 1.62 bits per heavy atom. The molecule has 0 atom stereocenters. The van der Waals surface area contributed by atoms with Crippen molar-refractivity contribution in [2.45, 2.75) is 91.4 Å². The molecule has 0 aromatic heterocycles. The molecule has 0 spiro atoms. The van der Waals surface area contributed by atoms with Crippen LogP contribution in [0.25, 0.3) is 0 Å². The summed E-state index contributed by atoms with van der Waals surface area (Å²) in [6.45, 7) is 6.26. The number of rotatable bonds is 11. The van der Waals surface area contributed by atoms with E-state index < -0.39 is 5.97 Å². The standard InChI is InChI=1S/C16H22.C9H17NO.C3H6O2.C2H2/c1-3-9-15(10-4-1)11-5-2-6-12-16-13-7-8-14-16;1-3-5-6-7-8-9(11)10-4-2;1-2-3(4)5;1-2/h1,3-4,6,9-10,12,16H,2,5,7-8,11,13-14H2;3,5H,4,6-8H2,1-2H3,(H,10,11);2H2,1H3,(H,4,5);1-2H/b12-6+;5-3-;;. The number of benzene rings is 1. The van der Waals surface area contributed by atoms with Crippen molar-refractivity contribution in [1.82, 2.24) is 5.32 Å². The predicted molar refractivity (Wildman–Crippen MR) is 146 cm³/mol. The molecule has 1 fully saturated rings. The largest absolute Gasteiger partial charge is 0.481 e. The van der Waals surface area contributed by atoms with E-state index in [1.807, 2.05) is 19.9 Å². The maximum atomic E-state index is 10.9. The Hall–Kier alpha value is -2.80. The fraction of sp³-hybridized carbons (Fsp3) is 0.533. The van der Waals surface area contributed by atoms with Gasteiger partial charge in [0.05, 0.1) is 0 Å². The molecule has 0 unspecified atom stereocenters. The molecule has 1 amide bonds. The minimum atomic E-state index is -0.745. The van der Waals surface area contributed by atoms with Crippen molar-refractivity contribution in [3.8, 4) is 12.8 Å². The summed E-state index contributed by atoms with van der Waals surface area (Å²) in [5, 5.41) is 10.5. The maximum Gasteiger partial charge on any atom is 0.303 e. The van der Waals surface area contributed by atoms with Gasteiger partial charge in [-0.2, -0.15) is 0 Å². The first kappa shape index (κ1) is 33.4. The minimum Gasteiger partial charge on any atom is -0.481 e. The highest BCUT2D eigenvalue weighted by Crippen LogP contribution is 2.25. The third-order valence-electron chi connectivity index (χ3n) is 5.17. The highest BCUT2D eigenvalue weighted by molar-refractivity contribution is 5.75. The van der Waals surface area contributed by atoms with Gasteiger partial charge < -0.3 is 10.4 Å². The van der Waals surface area contributed by atoms with E-state index in [1.165, 1.54) is 50.5 Å². The number of carboxylic acids is 1. The van der Waals surface area contributed by atoms with Crippen LogP contribution in [-0.4, -0.2) is 23.5 Å². The van der Waals surface area contributed by atoms with Gasteiger partial charge in [0.25, 0.3) is 0 Å². The molecule has 0 bridgehead atoms. The monoisotopic (exact) mass is 469 g/mol. The normalized spacial score (nSPS) is 12.6. The fourth-order valence-corrected chi connectivity index (χ4v) is 3.34. The second kappa shape index (κ2) is 26.5. The van der Waals surface area contributed by atoms with E-state index in [9.17, 15) is 9.59 Å². The quantitative estimate of drug-likeness (QED) is 0.202. The first-order chi connectivity index (χ1) is 16.5. The summed E-state index contributed by atoms with van der Waals surface area (Å²) in [7, 11) is 0. The van der Waals surface area contributed by atoms with Gasteiger partial charge in [0.15, 0.2) is 0 Å². The van der Waals surface area contributed by atoms with Gasteiger partial charge in [-0.1, -0.05) is 74.4 Å². The van der Waals surface area contributed by atoms with Crippen molar-refractivity contribution in [3.63, 3.8) is 0 Å². The molecule has 0 radical (unpaired) electrons. The average Bonchev–Trinajstić information content (AvgIpc) is 3.38. The number of carboxylic acid groups (broad SMARTS) is 1. The van der Waals surface area contributed by atoms with Crippen LogP contribution in [0.5, 0.6) is 0 Å². The van der Waals surface area contributed by atoms with Crippen LogP contribution in [0.1, 0.15) is 90.5 Å². The van der Waals surface area contributed by atoms with E-state index in [0.717, 1.165) is 25.3 Å². The first-order valence-electron chi connectivity index (χ1n) is 12.7. The molecular formula is C30H47NO3. The summed E-state index contributed by atoms with van der Waals surface area (Å²) in [6.07, 6.45) is 29.3. The van der Waals surface area contributed by atoms with Gasteiger partial charge in [-0.3, -0.25) is 9.59 Å². The van der Waals surface area contributed by atoms with Crippen LogP contribution < -0.4 is 5.32 Å². The number of allylic oxidation sites excluding steroid dienone is 4. The molecule has 2 rings (SSSR count). The Labute approximate surface area is 208 Å². The Morgan fingerprint density at radius 3 is 2.15 bits per heavy atom. The first-order valence-corrected chi connectivity index (χ1v) is 12.7. The van der Waals surface area contributed by atoms with Crippen LogP contribution in [0.15, 0.2) is 54.6 Å². The van der Waals surface area contributed by atoms with Crippen molar-refractivity contribution in [3.05, 3.63) is 60.2 Å². The molecule has 2 N–H and O–H groups in total. The van der Waals surface area contributed by atoms with Gasteiger partial charge in [0.2, 0.25) is 5.91 Å². The Kier molecular flexibility index (Phi) is 26.0. The number of hydrogen-bond acceptors (Lipinski definition) is 2. The summed E-state index contributed by atoms with van der Waals surface area (Å²) in [6, 6.07) is 10.8. The Bertz CT molecular complexity index is 671. The summed E-state index contributed by atoms with van der Waals surface area (Å²) in [5.41, 5.74) is 1.47. The van der Waals surface area contributed by atoms with Crippen molar-refractivity contribution >= 4 is 11.9 Å². The van der Waals surface area contributed by atoms with Crippen LogP contribution in [0.3, 0.4) is 0 Å². The lowest BCUT2D eigenvalue weighted by Crippen LogP contribution is -2.21. The van der Waals surface area contributed by atoms with Crippen molar-refractivity contribution in [2.24, 2.45) is 5.92 Å². The molecule has 1 aliphatic rings. The van der Waals surface area contributed by atoms with Crippen molar-refractivity contribution in [2.75, 3.05) is 6.54 Å². The van der Waals surface area contributed by atoms with Gasteiger partial charge in [-0.15, -0.1) is 12.8 Å². The number of carbonyl (C=O) groups excluding carboxylic acids is 1. The van der Waals surface area contributed by atoms with E-state index >= 15 is 0 Å². The molecule has 1 aromatic carbocycles. The molecule has 0 saturated heterocycles. The number of unbranched alkanes of at least 4 members (excludes halogenated alkanes) is 2. The lowest BCUT2D eigenvalue weighted by molar-refractivity contribution is -0.136. The number of hydrogen-bond donors (Lipinski definition) is 2. The summed E-state index contributed by atoms with van der Waals surface area (Å²) in [4.78, 5) is 20.2. The lowest BCUT2D eigenvalue weighted by Gasteiger charge is -2.01. The summed E-state index contributed by atoms with van der Waals surface area (Å²) < 4.78 is 0. The molecule has 0 heterocycles. The lowest BCUT2D eigenvalue weighted by atomic mass is 10.1. The van der Waals surface area contributed by atoms with Gasteiger partial charge >= 0.3 is 5.97 Å². The minimum absolute atomic E-state index is 0.164. The maximum absolute atomic E-state index is 10.9. The van der Waals surface area contributed by atoms with Crippen LogP contribution in [-0.2, 0) is 16.0 Å². The molecule has 1 aliphatic carbocycles. The SMILES string of the molecule is C#C.C(=C\C1CCCC1)/CCCc1ccccc1.C/C=C\CCCC(=O)NCC.CCC(=O)O. The molecule has 4 heteroatoms. The van der Waals surface area contributed by atoms with Crippen molar-refractivity contribution in [1.29, 1.82) is 0 Å².